The van der Waals surface area contributed by atoms with Crippen LogP contribution in [-0.2, 0) is 19.9 Å². The summed E-state index contributed by atoms with van der Waals surface area (Å²) < 4.78 is 7.52. The Kier molecular flexibility index (Phi) is 3.69. The maximum absolute atomic E-state index is 10.1. The van der Waals surface area contributed by atoms with E-state index in [9.17, 15) is 5.11 Å². The van der Waals surface area contributed by atoms with Crippen LogP contribution in [0.15, 0.2) is 27.5 Å². The lowest BCUT2D eigenvalue weighted by Gasteiger charge is -2.08. The Hall–Kier alpha value is -1.07. The highest BCUT2D eigenvalue weighted by Crippen LogP contribution is 2.27. The molecule has 0 aliphatic heterocycles. The average Bonchev–Trinajstić information content (AvgIpc) is 2.86. The predicted octanol–water partition coefficient (Wildman–Crippen LogP) is 2.61. The highest BCUT2D eigenvalue weighted by Gasteiger charge is 2.16. The van der Waals surface area contributed by atoms with Crippen LogP contribution in [0.4, 0.5) is 0 Å². The Labute approximate surface area is 108 Å². The maximum atomic E-state index is 10.1. The molecule has 0 bridgehead atoms. The molecule has 2 heterocycles. The zero-order chi connectivity index (χ0) is 12.4. The smallest absolute Gasteiger partial charge is 0.174 e. The Morgan fingerprint density at radius 1 is 1.59 bits per heavy atom. The number of halogens is 1. The molecule has 1 unspecified atom stereocenters. The third kappa shape index (κ3) is 2.61. The Bertz CT molecular complexity index is 504. The molecule has 0 saturated heterocycles. The highest BCUT2D eigenvalue weighted by molar-refractivity contribution is 9.10. The molecule has 0 aliphatic rings. The minimum atomic E-state index is -0.580. The molecular formula is C12H15BrN2O2. The largest absolute Gasteiger partial charge is 0.457 e. The summed E-state index contributed by atoms with van der Waals surface area (Å²) in [7, 11) is 1.89. The molecule has 0 aliphatic carbocycles. The van der Waals surface area contributed by atoms with Crippen molar-refractivity contribution in [2.24, 2.45) is 7.05 Å². The monoisotopic (exact) mass is 298 g/mol. The SMILES string of the molecule is CCc1cc(CC(O)c2ccoc2Br)n(C)n1. The average molecular weight is 299 g/mol. The second-order valence-corrected chi connectivity index (χ2v) is 4.69. The Morgan fingerprint density at radius 3 is 2.88 bits per heavy atom. The first-order valence-corrected chi connectivity index (χ1v) is 6.33. The fraction of sp³-hybridized carbons (Fsp3) is 0.417. The van der Waals surface area contributed by atoms with E-state index in [1.807, 2.05) is 17.8 Å². The Morgan fingerprint density at radius 2 is 2.35 bits per heavy atom. The second kappa shape index (κ2) is 5.06. The van der Waals surface area contributed by atoms with Gasteiger partial charge in [-0.15, -0.1) is 0 Å². The topological polar surface area (TPSA) is 51.2 Å². The van der Waals surface area contributed by atoms with Crippen molar-refractivity contribution in [2.45, 2.75) is 25.9 Å². The molecule has 92 valence electrons. The van der Waals surface area contributed by atoms with E-state index >= 15 is 0 Å². The van der Waals surface area contributed by atoms with Crippen LogP contribution in [0.5, 0.6) is 0 Å². The van der Waals surface area contributed by atoms with Crippen LogP contribution < -0.4 is 0 Å². The van der Waals surface area contributed by atoms with E-state index in [1.165, 1.54) is 0 Å². The summed E-state index contributed by atoms with van der Waals surface area (Å²) in [6, 6.07) is 3.79. The van der Waals surface area contributed by atoms with Gasteiger partial charge in [-0.05, 0) is 34.5 Å². The van der Waals surface area contributed by atoms with E-state index in [0.717, 1.165) is 23.4 Å². The summed E-state index contributed by atoms with van der Waals surface area (Å²) >= 11 is 3.27. The zero-order valence-electron chi connectivity index (χ0n) is 9.85. The van der Waals surface area contributed by atoms with Gasteiger partial charge in [-0.1, -0.05) is 6.92 Å². The molecule has 2 aromatic rings. The van der Waals surface area contributed by atoms with Crippen LogP contribution >= 0.6 is 15.9 Å². The van der Waals surface area contributed by atoms with Gasteiger partial charge in [-0.25, -0.2) is 0 Å². The predicted molar refractivity (Wildman–Crippen MR) is 67.7 cm³/mol. The van der Waals surface area contributed by atoms with Crippen molar-refractivity contribution in [3.8, 4) is 0 Å². The van der Waals surface area contributed by atoms with E-state index < -0.39 is 6.10 Å². The number of furan rings is 1. The van der Waals surface area contributed by atoms with Crippen molar-refractivity contribution in [2.75, 3.05) is 0 Å². The molecular weight excluding hydrogens is 284 g/mol. The summed E-state index contributed by atoms with van der Waals surface area (Å²) in [4.78, 5) is 0. The van der Waals surface area contributed by atoms with Gasteiger partial charge in [0, 0.05) is 24.7 Å². The van der Waals surface area contributed by atoms with Gasteiger partial charge in [-0.3, -0.25) is 4.68 Å². The quantitative estimate of drug-likeness (QED) is 0.944. The van der Waals surface area contributed by atoms with Crippen LogP contribution in [-0.4, -0.2) is 14.9 Å². The van der Waals surface area contributed by atoms with E-state index in [4.69, 9.17) is 4.42 Å². The van der Waals surface area contributed by atoms with E-state index in [-0.39, 0.29) is 0 Å². The lowest BCUT2D eigenvalue weighted by Crippen LogP contribution is -2.06. The first kappa shape index (κ1) is 12.4. The normalized spacial score (nSPS) is 12.9. The van der Waals surface area contributed by atoms with E-state index in [2.05, 4.69) is 28.0 Å². The third-order valence-electron chi connectivity index (χ3n) is 2.80. The van der Waals surface area contributed by atoms with Crippen molar-refractivity contribution < 1.29 is 9.52 Å². The van der Waals surface area contributed by atoms with E-state index in [1.54, 1.807) is 12.3 Å². The minimum Gasteiger partial charge on any atom is -0.457 e. The molecule has 2 rings (SSSR count). The molecule has 2 aromatic heterocycles. The fourth-order valence-corrected chi connectivity index (χ4v) is 2.29. The number of rotatable bonds is 4. The summed E-state index contributed by atoms with van der Waals surface area (Å²) in [6.45, 7) is 2.06. The fourth-order valence-electron chi connectivity index (χ4n) is 1.79. The second-order valence-electron chi connectivity index (χ2n) is 3.97. The van der Waals surface area contributed by atoms with Crippen LogP contribution in [0.25, 0.3) is 0 Å². The molecule has 4 nitrogen and oxygen atoms in total. The number of nitrogens with zero attached hydrogens (tertiary/aromatic N) is 2. The van der Waals surface area contributed by atoms with Crippen LogP contribution in [0.2, 0.25) is 0 Å². The number of aromatic nitrogens is 2. The van der Waals surface area contributed by atoms with Gasteiger partial charge < -0.3 is 9.52 Å². The van der Waals surface area contributed by atoms with Crippen molar-refractivity contribution >= 4 is 15.9 Å². The number of hydrogen-bond acceptors (Lipinski definition) is 3. The number of aliphatic hydroxyl groups is 1. The van der Waals surface area contributed by atoms with E-state index in [0.29, 0.717) is 11.1 Å². The highest BCUT2D eigenvalue weighted by atomic mass is 79.9. The maximum Gasteiger partial charge on any atom is 0.174 e. The molecule has 0 saturated carbocycles. The molecule has 0 amide bonds. The van der Waals surface area contributed by atoms with Crippen LogP contribution in [0.1, 0.15) is 30.0 Å². The van der Waals surface area contributed by atoms with Gasteiger partial charge in [0.2, 0.25) is 0 Å². The number of aryl methyl sites for hydroxylation is 2. The van der Waals surface area contributed by atoms with Gasteiger partial charge >= 0.3 is 0 Å². The molecule has 1 N–H and O–H groups in total. The summed E-state index contributed by atoms with van der Waals surface area (Å²) in [5.74, 6) is 0. The molecule has 5 heteroatoms. The molecule has 0 aromatic carbocycles. The van der Waals surface area contributed by atoms with Crippen molar-refractivity contribution in [3.05, 3.63) is 40.0 Å². The molecule has 17 heavy (non-hydrogen) atoms. The van der Waals surface area contributed by atoms with Crippen LogP contribution in [0, 0.1) is 0 Å². The lowest BCUT2D eigenvalue weighted by atomic mass is 10.1. The van der Waals surface area contributed by atoms with Crippen molar-refractivity contribution in [3.63, 3.8) is 0 Å². The van der Waals surface area contributed by atoms with Gasteiger partial charge in [0.1, 0.15) is 0 Å². The third-order valence-corrected chi connectivity index (χ3v) is 3.44. The molecule has 0 radical (unpaired) electrons. The van der Waals surface area contributed by atoms with Crippen molar-refractivity contribution in [1.82, 2.24) is 9.78 Å². The van der Waals surface area contributed by atoms with Gasteiger partial charge in [0.15, 0.2) is 4.67 Å². The summed E-state index contributed by atoms with van der Waals surface area (Å²) in [5.41, 5.74) is 2.83. The first-order valence-electron chi connectivity index (χ1n) is 5.54. The first-order chi connectivity index (χ1) is 8.11. The van der Waals surface area contributed by atoms with Crippen molar-refractivity contribution in [1.29, 1.82) is 0 Å². The van der Waals surface area contributed by atoms with Gasteiger partial charge in [-0.2, -0.15) is 5.10 Å². The zero-order valence-corrected chi connectivity index (χ0v) is 11.4. The van der Waals surface area contributed by atoms with Gasteiger partial charge in [0.25, 0.3) is 0 Å². The molecule has 1 atom stereocenters. The number of hydrogen-bond donors (Lipinski definition) is 1. The Balaban J connectivity index is 2.15. The van der Waals surface area contributed by atoms with Crippen LogP contribution in [0.3, 0.4) is 0 Å². The molecule has 0 spiro atoms. The number of aliphatic hydroxyl groups excluding tert-OH is 1. The standard InChI is InChI=1S/C12H15BrN2O2/c1-3-8-6-9(15(2)14-8)7-11(16)10-4-5-17-12(10)13/h4-6,11,16H,3,7H2,1-2H3. The molecule has 0 fully saturated rings. The van der Waals surface area contributed by atoms with Gasteiger partial charge in [0.05, 0.1) is 18.1 Å². The summed E-state index contributed by atoms with van der Waals surface area (Å²) in [6.07, 6.45) is 2.41. The lowest BCUT2D eigenvalue weighted by molar-refractivity contribution is 0.173. The summed E-state index contributed by atoms with van der Waals surface area (Å²) in [5, 5.41) is 14.5. The minimum absolute atomic E-state index is 0.529.